The first-order chi connectivity index (χ1) is 13.5. The van der Waals surface area contributed by atoms with Crippen molar-refractivity contribution in [2.24, 2.45) is 0 Å². The number of aromatic hydroxyl groups is 1. The zero-order chi connectivity index (χ0) is 19.7. The summed E-state index contributed by atoms with van der Waals surface area (Å²) in [7, 11) is 4.36. The highest BCUT2D eigenvalue weighted by Crippen LogP contribution is 2.32. The molecular formula is C22H30N4O2. The Kier molecular flexibility index (Phi) is 5.17. The molecule has 0 radical (unpaired) electrons. The third-order valence-corrected chi connectivity index (χ3v) is 6.53. The number of carbonyl (C=O) groups is 1. The lowest BCUT2D eigenvalue weighted by atomic mass is 9.85. The van der Waals surface area contributed by atoms with Crippen LogP contribution in [0, 0.1) is 0 Å². The number of phenols is 1. The number of hydrogen-bond donors (Lipinski definition) is 1. The standard InChI is InChI=1S/C22H30N4O2/c1-23-14-8-22(9-15-23)17-26(13-5-10-24(22)2)21(28)19-16-18(6-7-20(19)27)25-11-3-4-12-25/h3-4,6-7,11-12,16,27H,5,8-10,13-15,17H2,1-2H3. The molecule has 150 valence electrons. The van der Waals surface area contributed by atoms with E-state index in [-0.39, 0.29) is 17.2 Å². The van der Waals surface area contributed by atoms with Crippen molar-refractivity contribution in [1.82, 2.24) is 19.3 Å². The topological polar surface area (TPSA) is 52.0 Å². The van der Waals surface area contributed by atoms with Gasteiger partial charge in [0.05, 0.1) is 5.56 Å². The summed E-state index contributed by atoms with van der Waals surface area (Å²) in [4.78, 5) is 20.2. The molecule has 0 atom stereocenters. The molecule has 2 aliphatic rings. The number of phenolic OH excluding ortho intramolecular Hbond substituents is 1. The number of carbonyl (C=O) groups excluding carboxylic acids is 1. The highest BCUT2D eigenvalue weighted by Gasteiger charge is 2.41. The summed E-state index contributed by atoms with van der Waals surface area (Å²) in [5, 5.41) is 10.4. The van der Waals surface area contributed by atoms with E-state index < -0.39 is 0 Å². The summed E-state index contributed by atoms with van der Waals surface area (Å²) < 4.78 is 1.95. The molecule has 4 rings (SSSR count). The second-order valence-electron chi connectivity index (χ2n) is 8.32. The zero-order valence-electron chi connectivity index (χ0n) is 16.8. The van der Waals surface area contributed by atoms with Gasteiger partial charge in [0.25, 0.3) is 5.91 Å². The van der Waals surface area contributed by atoms with E-state index in [9.17, 15) is 9.90 Å². The first kappa shape index (κ1) is 19.0. The summed E-state index contributed by atoms with van der Waals surface area (Å²) in [6, 6.07) is 9.15. The van der Waals surface area contributed by atoms with Crippen LogP contribution in [0.25, 0.3) is 5.69 Å². The second kappa shape index (κ2) is 7.60. The quantitative estimate of drug-likeness (QED) is 0.867. The van der Waals surface area contributed by atoms with Gasteiger partial charge in [-0.15, -0.1) is 0 Å². The van der Waals surface area contributed by atoms with Crippen LogP contribution in [0.5, 0.6) is 5.75 Å². The molecule has 0 bridgehead atoms. The third kappa shape index (κ3) is 3.54. The molecule has 0 saturated carbocycles. The highest BCUT2D eigenvalue weighted by atomic mass is 16.3. The van der Waals surface area contributed by atoms with Crippen LogP contribution in [-0.4, -0.2) is 82.6 Å². The predicted octanol–water partition coefficient (Wildman–Crippen LogP) is 2.43. The SMILES string of the molecule is CN1CCC2(CC1)CN(C(=O)c1cc(-n3cccc3)ccc1O)CCCN2C. The molecule has 6 nitrogen and oxygen atoms in total. The molecule has 1 aromatic carbocycles. The Morgan fingerprint density at radius 2 is 1.75 bits per heavy atom. The number of likely N-dealkylation sites (tertiary alicyclic amines) is 1. The molecule has 2 aromatic rings. The minimum Gasteiger partial charge on any atom is -0.507 e. The fourth-order valence-corrected chi connectivity index (χ4v) is 4.57. The monoisotopic (exact) mass is 382 g/mol. The van der Waals surface area contributed by atoms with Crippen LogP contribution >= 0.6 is 0 Å². The van der Waals surface area contributed by atoms with Gasteiger partial charge in [0.1, 0.15) is 5.75 Å². The van der Waals surface area contributed by atoms with Gasteiger partial charge in [0.15, 0.2) is 0 Å². The van der Waals surface area contributed by atoms with Crippen LogP contribution in [0.2, 0.25) is 0 Å². The maximum absolute atomic E-state index is 13.4. The van der Waals surface area contributed by atoms with Gasteiger partial charge in [-0.2, -0.15) is 0 Å². The molecule has 2 fully saturated rings. The summed E-state index contributed by atoms with van der Waals surface area (Å²) in [6.45, 7) is 4.57. The van der Waals surface area contributed by atoms with Crippen molar-refractivity contribution in [3.63, 3.8) is 0 Å². The Hall–Kier alpha value is -2.31. The zero-order valence-corrected chi connectivity index (χ0v) is 16.8. The van der Waals surface area contributed by atoms with E-state index in [1.165, 1.54) is 0 Å². The van der Waals surface area contributed by atoms with E-state index in [1.54, 1.807) is 12.1 Å². The largest absolute Gasteiger partial charge is 0.507 e. The number of rotatable bonds is 2. The van der Waals surface area contributed by atoms with Gasteiger partial charge in [-0.25, -0.2) is 0 Å². The lowest BCUT2D eigenvalue weighted by Gasteiger charge is -2.47. The van der Waals surface area contributed by atoms with E-state index in [0.29, 0.717) is 5.56 Å². The number of amides is 1. The Labute approximate surface area is 167 Å². The number of piperidine rings is 1. The molecule has 0 aliphatic carbocycles. The van der Waals surface area contributed by atoms with E-state index in [2.05, 4.69) is 23.9 Å². The predicted molar refractivity (Wildman–Crippen MR) is 110 cm³/mol. The lowest BCUT2D eigenvalue weighted by Crippen LogP contribution is -2.58. The van der Waals surface area contributed by atoms with Crippen molar-refractivity contribution in [3.8, 4) is 11.4 Å². The number of nitrogens with zero attached hydrogens (tertiary/aromatic N) is 4. The number of likely N-dealkylation sites (N-methyl/N-ethyl adjacent to an activating group) is 1. The maximum Gasteiger partial charge on any atom is 0.257 e. The summed E-state index contributed by atoms with van der Waals surface area (Å²) in [5.41, 5.74) is 1.30. The molecule has 1 spiro atoms. The van der Waals surface area contributed by atoms with Gasteiger partial charge in [0.2, 0.25) is 0 Å². The van der Waals surface area contributed by atoms with E-state index in [1.807, 2.05) is 40.1 Å². The summed E-state index contributed by atoms with van der Waals surface area (Å²) >= 11 is 0. The van der Waals surface area contributed by atoms with Gasteiger partial charge in [-0.3, -0.25) is 9.69 Å². The fraction of sp³-hybridized carbons (Fsp3) is 0.500. The minimum absolute atomic E-state index is 0.0341. The average molecular weight is 383 g/mol. The molecule has 3 heterocycles. The van der Waals surface area contributed by atoms with Crippen molar-refractivity contribution in [3.05, 3.63) is 48.3 Å². The Balaban J connectivity index is 1.61. The van der Waals surface area contributed by atoms with E-state index in [4.69, 9.17) is 0 Å². The molecule has 2 saturated heterocycles. The average Bonchev–Trinajstić information content (AvgIpc) is 3.18. The van der Waals surface area contributed by atoms with Crippen molar-refractivity contribution in [1.29, 1.82) is 0 Å². The Morgan fingerprint density at radius 3 is 2.46 bits per heavy atom. The van der Waals surface area contributed by atoms with Crippen LogP contribution in [0.3, 0.4) is 0 Å². The smallest absolute Gasteiger partial charge is 0.257 e. The molecule has 1 amide bonds. The van der Waals surface area contributed by atoms with Crippen molar-refractivity contribution in [2.45, 2.75) is 24.8 Å². The molecule has 2 aliphatic heterocycles. The molecule has 1 aromatic heterocycles. The van der Waals surface area contributed by atoms with Gasteiger partial charge in [-0.05, 0) is 76.8 Å². The van der Waals surface area contributed by atoms with Gasteiger partial charge < -0.3 is 19.5 Å². The molecule has 1 N–H and O–H groups in total. The van der Waals surface area contributed by atoms with E-state index >= 15 is 0 Å². The van der Waals surface area contributed by atoms with Crippen molar-refractivity contribution < 1.29 is 9.90 Å². The molecule has 6 heteroatoms. The van der Waals surface area contributed by atoms with Crippen molar-refractivity contribution in [2.75, 3.05) is 46.8 Å². The van der Waals surface area contributed by atoms with Gasteiger partial charge in [0, 0.05) is 43.3 Å². The number of benzene rings is 1. The van der Waals surface area contributed by atoms with Crippen molar-refractivity contribution >= 4 is 5.91 Å². The van der Waals surface area contributed by atoms with Crippen LogP contribution in [0.4, 0.5) is 0 Å². The maximum atomic E-state index is 13.4. The number of hydrogen-bond acceptors (Lipinski definition) is 4. The molecule has 28 heavy (non-hydrogen) atoms. The van der Waals surface area contributed by atoms with Crippen LogP contribution < -0.4 is 0 Å². The first-order valence-electron chi connectivity index (χ1n) is 10.1. The summed E-state index contributed by atoms with van der Waals surface area (Å²) in [5.74, 6) is -0.0176. The minimum atomic E-state index is -0.0693. The second-order valence-corrected chi connectivity index (χ2v) is 8.32. The number of aromatic nitrogens is 1. The van der Waals surface area contributed by atoms with Crippen LogP contribution in [0.1, 0.15) is 29.6 Å². The van der Waals surface area contributed by atoms with E-state index in [0.717, 1.165) is 57.7 Å². The third-order valence-electron chi connectivity index (χ3n) is 6.53. The lowest BCUT2D eigenvalue weighted by molar-refractivity contribution is 0.0316. The first-order valence-corrected chi connectivity index (χ1v) is 10.1. The molecule has 0 unspecified atom stereocenters. The normalized spacial score (nSPS) is 21.0. The van der Waals surface area contributed by atoms with Crippen LogP contribution in [-0.2, 0) is 0 Å². The fourth-order valence-electron chi connectivity index (χ4n) is 4.57. The van der Waals surface area contributed by atoms with Gasteiger partial charge in [-0.1, -0.05) is 0 Å². The Morgan fingerprint density at radius 1 is 1.04 bits per heavy atom. The van der Waals surface area contributed by atoms with Gasteiger partial charge >= 0.3 is 0 Å². The highest BCUT2D eigenvalue weighted by molar-refractivity contribution is 5.97. The summed E-state index contributed by atoms with van der Waals surface area (Å²) in [6.07, 6.45) is 6.97. The molecular weight excluding hydrogens is 352 g/mol. The Bertz CT molecular complexity index is 825. The van der Waals surface area contributed by atoms with Crippen LogP contribution in [0.15, 0.2) is 42.7 Å².